The van der Waals surface area contributed by atoms with Crippen LogP contribution in [0.2, 0.25) is 0 Å². The summed E-state index contributed by atoms with van der Waals surface area (Å²) in [5.74, 6) is -0.349. The zero-order valence-electron chi connectivity index (χ0n) is 13.3. The number of nitrogen functional groups attached to an aromatic ring is 1. The number of ether oxygens (including phenoxy) is 1. The first-order valence-corrected chi connectivity index (χ1v) is 7.67. The number of nitrogens with two attached hydrogens (primary N) is 1. The van der Waals surface area contributed by atoms with Gasteiger partial charge >= 0.3 is 5.97 Å². The quantitative estimate of drug-likeness (QED) is 0.684. The maximum absolute atomic E-state index is 11.9. The summed E-state index contributed by atoms with van der Waals surface area (Å²) < 4.78 is 4.86. The maximum atomic E-state index is 11.9. The number of nitrogens with zero attached hydrogens (tertiary/aromatic N) is 1. The fourth-order valence-electron chi connectivity index (χ4n) is 2.95. The number of rotatable bonds is 4. The molecule has 0 amide bonds. The summed E-state index contributed by atoms with van der Waals surface area (Å²) in [5.41, 5.74) is 8.39. The van der Waals surface area contributed by atoms with E-state index in [9.17, 15) is 4.79 Å². The van der Waals surface area contributed by atoms with Crippen molar-refractivity contribution in [1.29, 1.82) is 0 Å². The van der Waals surface area contributed by atoms with E-state index in [0.29, 0.717) is 16.7 Å². The first kappa shape index (κ1) is 15.8. The molecule has 1 heterocycles. The predicted octanol–water partition coefficient (Wildman–Crippen LogP) is 3.07. The molecule has 0 spiro atoms. The van der Waals surface area contributed by atoms with E-state index in [0.717, 1.165) is 25.2 Å². The molecule has 116 valence electrons. The first-order chi connectivity index (χ1) is 9.99. The van der Waals surface area contributed by atoms with Gasteiger partial charge in [0.1, 0.15) is 0 Å². The van der Waals surface area contributed by atoms with Gasteiger partial charge in [-0.25, -0.2) is 4.79 Å². The van der Waals surface area contributed by atoms with Gasteiger partial charge in [-0.1, -0.05) is 32.4 Å². The lowest BCUT2D eigenvalue weighted by Gasteiger charge is -2.39. The molecule has 0 bridgehead atoms. The molecule has 0 aromatic heterocycles. The molecule has 4 heteroatoms. The van der Waals surface area contributed by atoms with E-state index in [4.69, 9.17) is 10.5 Å². The van der Waals surface area contributed by atoms with Gasteiger partial charge in [0.2, 0.25) is 0 Å². The normalized spacial score (nSPS) is 18.4. The predicted molar refractivity (Wildman–Crippen MR) is 85.1 cm³/mol. The molecule has 1 saturated heterocycles. The number of esters is 1. The van der Waals surface area contributed by atoms with E-state index in [2.05, 4.69) is 18.7 Å². The van der Waals surface area contributed by atoms with Crippen LogP contribution < -0.4 is 5.73 Å². The summed E-state index contributed by atoms with van der Waals surface area (Å²) in [6, 6.07) is 5.62. The topological polar surface area (TPSA) is 55.6 Å². The van der Waals surface area contributed by atoms with Crippen molar-refractivity contribution in [2.45, 2.75) is 39.7 Å². The third kappa shape index (κ3) is 3.56. The summed E-state index contributed by atoms with van der Waals surface area (Å²) in [7, 11) is 1.39. The Morgan fingerprint density at radius 1 is 1.38 bits per heavy atom. The molecule has 1 aromatic rings. The number of carbonyl (C=O) groups is 1. The van der Waals surface area contributed by atoms with Crippen molar-refractivity contribution in [3.05, 3.63) is 29.3 Å². The summed E-state index contributed by atoms with van der Waals surface area (Å²) >= 11 is 0. The van der Waals surface area contributed by atoms with Crippen molar-refractivity contribution >= 4 is 11.7 Å². The first-order valence-electron chi connectivity index (χ1n) is 7.67. The summed E-state index contributed by atoms with van der Waals surface area (Å²) in [5, 5.41) is 0. The molecule has 1 fully saturated rings. The van der Waals surface area contributed by atoms with Gasteiger partial charge in [-0.2, -0.15) is 0 Å². The Balaban J connectivity index is 2.11. The zero-order chi connectivity index (χ0) is 15.5. The van der Waals surface area contributed by atoms with Crippen molar-refractivity contribution in [3.8, 4) is 0 Å². The average Bonchev–Trinajstić information content (AvgIpc) is 2.49. The van der Waals surface area contributed by atoms with Crippen LogP contribution in [0.25, 0.3) is 0 Å². The fraction of sp³-hybridized carbons (Fsp3) is 0.588. The number of likely N-dealkylation sites (tertiary alicyclic amines) is 1. The summed E-state index contributed by atoms with van der Waals surface area (Å²) in [6.45, 7) is 7.53. The van der Waals surface area contributed by atoms with Gasteiger partial charge in [-0.05, 0) is 43.0 Å². The summed E-state index contributed by atoms with van der Waals surface area (Å²) in [6.07, 6.45) is 3.64. The van der Waals surface area contributed by atoms with E-state index < -0.39 is 0 Å². The van der Waals surface area contributed by atoms with Gasteiger partial charge < -0.3 is 10.5 Å². The van der Waals surface area contributed by atoms with Crippen LogP contribution in [0.5, 0.6) is 0 Å². The molecule has 4 nitrogen and oxygen atoms in total. The molecule has 2 N–H and O–H groups in total. The van der Waals surface area contributed by atoms with E-state index in [1.165, 1.54) is 26.4 Å². The van der Waals surface area contributed by atoms with Gasteiger partial charge in [0.15, 0.2) is 0 Å². The molecular weight excluding hydrogens is 264 g/mol. The second-order valence-corrected chi connectivity index (χ2v) is 6.31. The number of anilines is 1. The molecular formula is C17H26N2O2. The lowest BCUT2D eigenvalue weighted by atomic mass is 9.78. The second-order valence-electron chi connectivity index (χ2n) is 6.31. The molecule has 0 unspecified atom stereocenters. The second kappa shape index (κ2) is 6.48. The van der Waals surface area contributed by atoms with Crippen molar-refractivity contribution in [2.24, 2.45) is 5.41 Å². The number of benzene rings is 1. The molecule has 0 aliphatic carbocycles. The lowest BCUT2D eigenvalue weighted by Crippen LogP contribution is -2.38. The van der Waals surface area contributed by atoms with Gasteiger partial charge in [0.25, 0.3) is 0 Å². The molecule has 0 radical (unpaired) electrons. The third-order valence-corrected chi connectivity index (χ3v) is 4.88. The maximum Gasteiger partial charge on any atom is 0.340 e. The minimum Gasteiger partial charge on any atom is -0.465 e. The standard InChI is InChI=1S/C17H26N2O2/c1-4-17(2)8-10-19(11-9-17)12-13-6-5-7-14(18)15(13)16(20)21-3/h5-7H,4,8-12,18H2,1-3H3. The minimum atomic E-state index is -0.349. The molecule has 1 aliphatic rings. The minimum absolute atomic E-state index is 0.349. The molecule has 1 aliphatic heterocycles. The Labute approximate surface area is 127 Å². The van der Waals surface area contributed by atoms with Crippen LogP contribution in [0.15, 0.2) is 18.2 Å². The van der Waals surface area contributed by atoms with E-state index in [1.807, 2.05) is 12.1 Å². The van der Waals surface area contributed by atoms with Crippen molar-refractivity contribution in [3.63, 3.8) is 0 Å². The van der Waals surface area contributed by atoms with E-state index in [1.54, 1.807) is 6.07 Å². The molecule has 1 aromatic carbocycles. The van der Waals surface area contributed by atoms with E-state index >= 15 is 0 Å². The molecule has 2 rings (SSSR count). The Bertz CT molecular complexity index is 506. The molecule has 0 saturated carbocycles. The Kier molecular flexibility index (Phi) is 4.88. The van der Waals surface area contributed by atoms with Crippen LogP contribution >= 0.6 is 0 Å². The van der Waals surface area contributed by atoms with Gasteiger partial charge in [-0.3, -0.25) is 4.90 Å². The Hall–Kier alpha value is -1.55. The number of hydrogen-bond acceptors (Lipinski definition) is 4. The van der Waals surface area contributed by atoms with Crippen LogP contribution in [0.3, 0.4) is 0 Å². The highest BCUT2D eigenvalue weighted by molar-refractivity contribution is 5.96. The number of piperidine rings is 1. The Morgan fingerprint density at radius 2 is 2.05 bits per heavy atom. The van der Waals surface area contributed by atoms with Crippen LogP contribution in [0.1, 0.15) is 49.0 Å². The van der Waals surface area contributed by atoms with Gasteiger partial charge in [0.05, 0.1) is 12.7 Å². The SMILES string of the molecule is CCC1(C)CCN(Cc2cccc(N)c2C(=O)OC)CC1. The van der Waals surface area contributed by atoms with Crippen molar-refractivity contribution in [2.75, 3.05) is 25.9 Å². The van der Waals surface area contributed by atoms with Crippen LogP contribution in [-0.4, -0.2) is 31.1 Å². The highest BCUT2D eigenvalue weighted by atomic mass is 16.5. The number of carbonyl (C=O) groups excluding carboxylic acids is 1. The number of hydrogen-bond donors (Lipinski definition) is 1. The van der Waals surface area contributed by atoms with Crippen LogP contribution in [-0.2, 0) is 11.3 Å². The fourth-order valence-corrected chi connectivity index (χ4v) is 2.95. The third-order valence-electron chi connectivity index (χ3n) is 4.88. The van der Waals surface area contributed by atoms with Crippen molar-refractivity contribution in [1.82, 2.24) is 4.90 Å². The highest BCUT2D eigenvalue weighted by Crippen LogP contribution is 2.34. The Morgan fingerprint density at radius 3 is 2.62 bits per heavy atom. The van der Waals surface area contributed by atoms with Gasteiger partial charge in [-0.15, -0.1) is 0 Å². The number of methoxy groups -OCH3 is 1. The molecule has 21 heavy (non-hydrogen) atoms. The van der Waals surface area contributed by atoms with E-state index in [-0.39, 0.29) is 5.97 Å². The van der Waals surface area contributed by atoms with Crippen LogP contribution in [0.4, 0.5) is 5.69 Å². The smallest absolute Gasteiger partial charge is 0.340 e. The lowest BCUT2D eigenvalue weighted by molar-refractivity contribution is 0.0597. The monoisotopic (exact) mass is 290 g/mol. The van der Waals surface area contributed by atoms with Gasteiger partial charge in [0, 0.05) is 12.2 Å². The van der Waals surface area contributed by atoms with Crippen molar-refractivity contribution < 1.29 is 9.53 Å². The van der Waals surface area contributed by atoms with Crippen LogP contribution in [0, 0.1) is 5.41 Å². The highest BCUT2D eigenvalue weighted by Gasteiger charge is 2.28. The largest absolute Gasteiger partial charge is 0.465 e. The molecule has 0 atom stereocenters. The average molecular weight is 290 g/mol. The zero-order valence-corrected chi connectivity index (χ0v) is 13.3. The summed E-state index contributed by atoms with van der Waals surface area (Å²) in [4.78, 5) is 14.3.